The van der Waals surface area contributed by atoms with Crippen LogP contribution in [0.15, 0.2) is 30.3 Å². The highest BCUT2D eigenvalue weighted by Crippen LogP contribution is 2.20. The number of para-hydroxylation sites is 1. The minimum atomic E-state index is -0.469. The second kappa shape index (κ2) is 8.23. The first-order chi connectivity index (χ1) is 11.7. The summed E-state index contributed by atoms with van der Waals surface area (Å²) in [4.78, 5) is 27.8. The number of anilines is 1. The first-order valence-corrected chi connectivity index (χ1v) is 8.80. The van der Waals surface area contributed by atoms with E-state index in [9.17, 15) is 9.59 Å². The molecule has 1 aromatic rings. The Morgan fingerprint density at radius 3 is 2.36 bits per heavy atom. The van der Waals surface area contributed by atoms with Crippen LogP contribution in [0.1, 0.15) is 33.6 Å². The molecule has 6 heteroatoms. The summed E-state index contributed by atoms with van der Waals surface area (Å²) in [7, 11) is 1.80. The summed E-state index contributed by atoms with van der Waals surface area (Å²) in [5.74, 6) is 0.394. The van der Waals surface area contributed by atoms with Crippen LogP contribution in [0.2, 0.25) is 0 Å². The second-order valence-corrected chi connectivity index (χ2v) is 7.59. The fourth-order valence-electron chi connectivity index (χ4n) is 2.84. The maximum atomic E-state index is 12.2. The Hall–Kier alpha value is -2.24. The number of rotatable bonds is 3. The van der Waals surface area contributed by atoms with Gasteiger partial charge in [-0.15, -0.1) is 0 Å². The van der Waals surface area contributed by atoms with E-state index in [2.05, 4.69) is 5.32 Å². The zero-order chi connectivity index (χ0) is 18.4. The number of nitrogens with zero attached hydrogens (tertiary/aromatic N) is 2. The van der Waals surface area contributed by atoms with Gasteiger partial charge >= 0.3 is 12.1 Å². The van der Waals surface area contributed by atoms with Gasteiger partial charge in [0.05, 0.1) is 0 Å². The smallest absolute Gasteiger partial charge is 0.410 e. The summed E-state index contributed by atoms with van der Waals surface area (Å²) in [5, 5.41) is 2.89. The molecule has 0 saturated carbocycles. The number of carbonyl (C=O) groups excluding carboxylic acids is 2. The fraction of sp³-hybridized carbons (Fsp3) is 0.579. The van der Waals surface area contributed by atoms with E-state index in [0.717, 1.165) is 18.5 Å². The number of hydrogen-bond donors (Lipinski definition) is 1. The number of urea groups is 1. The maximum Gasteiger partial charge on any atom is 0.410 e. The number of benzene rings is 1. The normalized spacial score (nSPS) is 15.6. The lowest BCUT2D eigenvalue weighted by Crippen LogP contribution is -2.44. The molecule has 1 aliphatic rings. The van der Waals surface area contributed by atoms with Gasteiger partial charge in [-0.05, 0) is 51.7 Å². The van der Waals surface area contributed by atoms with Gasteiger partial charge in [0.1, 0.15) is 5.60 Å². The van der Waals surface area contributed by atoms with Crippen LogP contribution in [0.5, 0.6) is 0 Å². The molecule has 0 spiro atoms. The molecule has 138 valence electrons. The SMILES string of the molecule is CN(CC1CCN(C(=O)OC(C)(C)C)CC1)C(=O)Nc1ccccc1. The van der Waals surface area contributed by atoms with Gasteiger partial charge in [-0.2, -0.15) is 0 Å². The zero-order valence-electron chi connectivity index (χ0n) is 15.6. The lowest BCUT2D eigenvalue weighted by Gasteiger charge is -2.34. The van der Waals surface area contributed by atoms with Crippen molar-refractivity contribution in [2.75, 3.05) is 32.0 Å². The highest BCUT2D eigenvalue weighted by Gasteiger charge is 2.27. The standard InChI is InChI=1S/C19H29N3O3/c1-19(2,3)25-18(24)22-12-10-15(11-13-22)14-21(4)17(23)20-16-8-6-5-7-9-16/h5-9,15H,10-14H2,1-4H3,(H,20,23). The van der Waals surface area contributed by atoms with E-state index in [1.54, 1.807) is 16.8 Å². The van der Waals surface area contributed by atoms with E-state index in [-0.39, 0.29) is 12.1 Å². The molecule has 0 aliphatic carbocycles. The van der Waals surface area contributed by atoms with Crippen LogP contribution in [0.3, 0.4) is 0 Å². The third-order valence-electron chi connectivity index (χ3n) is 4.17. The quantitative estimate of drug-likeness (QED) is 0.905. The van der Waals surface area contributed by atoms with Gasteiger partial charge in [0, 0.05) is 32.4 Å². The lowest BCUT2D eigenvalue weighted by molar-refractivity contribution is 0.0176. The summed E-state index contributed by atoms with van der Waals surface area (Å²) in [6.45, 7) is 7.65. The van der Waals surface area contributed by atoms with E-state index in [0.29, 0.717) is 25.6 Å². The molecule has 1 heterocycles. The Morgan fingerprint density at radius 1 is 1.20 bits per heavy atom. The van der Waals surface area contributed by atoms with Crippen molar-refractivity contribution in [3.8, 4) is 0 Å². The second-order valence-electron chi connectivity index (χ2n) is 7.59. The van der Waals surface area contributed by atoms with E-state index in [1.165, 1.54) is 0 Å². The summed E-state index contributed by atoms with van der Waals surface area (Å²) in [6, 6.07) is 9.32. The van der Waals surface area contributed by atoms with Gasteiger partial charge in [0.25, 0.3) is 0 Å². The number of amides is 3. The number of carbonyl (C=O) groups is 2. The minimum absolute atomic E-state index is 0.110. The summed E-state index contributed by atoms with van der Waals surface area (Å²) in [5.41, 5.74) is 0.322. The van der Waals surface area contributed by atoms with Crippen molar-refractivity contribution >= 4 is 17.8 Å². The molecule has 3 amide bonds. The molecule has 0 unspecified atom stereocenters. The van der Waals surface area contributed by atoms with Crippen molar-refractivity contribution < 1.29 is 14.3 Å². The van der Waals surface area contributed by atoms with Gasteiger partial charge in [0.2, 0.25) is 0 Å². The van der Waals surface area contributed by atoms with E-state index >= 15 is 0 Å². The third-order valence-corrected chi connectivity index (χ3v) is 4.17. The number of likely N-dealkylation sites (tertiary alicyclic amines) is 1. The predicted octanol–water partition coefficient (Wildman–Crippen LogP) is 3.80. The monoisotopic (exact) mass is 347 g/mol. The average Bonchev–Trinajstić information content (AvgIpc) is 2.54. The maximum absolute atomic E-state index is 12.2. The van der Waals surface area contributed by atoms with Crippen molar-refractivity contribution in [3.63, 3.8) is 0 Å². The van der Waals surface area contributed by atoms with Gasteiger partial charge in [-0.25, -0.2) is 9.59 Å². The Kier molecular flexibility index (Phi) is 6.28. The Labute approximate surface area is 150 Å². The molecule has 2 rings (SSSR count). The van der Waals surface area contributed by atoms with Crippen molar-refractivity contribution in [1.82, 2.24) is 9.80 Å². The van der Waals surface area contributed by atoms with Crippen molar-refractivity contribution in [2.45, 2.75) is 39.2 Å². The number of hydrogen-bond acceptors (Lipinski definition) is 3. The summed E-state index contributed by atoms with van der Waals surface area (Å²) >= 11 is 0. The number of piperidine rings is 1. The molecule has 0 bridgehead atoms. The molecule has 1 fully saturated rings. The van der Waals surface area contributed by atoms with Gasteiger partial charge < -0.3 is 19.9 Å². The number of nitrogens with one attached hydrogen (secondary N) is 1. The Bertz CT molecular complexity index is 575. The molecular formula is C19H29N3O3. The third kappa shape index (κ3) is 6.29. The van der Waals surface area contributed by atoms with Crippen molar-refractivity contribution in [1.29, 1.82) is 0 Å². The predicted molar refractivity (Wildman–Crippen MR) is 98.6 cm³/mol. The first-order valence-electron chi connectivity index (χ1n) is 8.80. The summed E-state index contributed by atoms with van der Waals surface area (Å²) < 4.78 is 5.41. The van der Waals surface area contributed by atoms with Crippen LogP contribution in [0.4, 0.5) is 15.3 Å². The Morgan fingerprint density at radius 2 is 1.80 bits per heavy atom. The van der Waals surface area contributed by atoms with Crippen molar-refractivity contribution in [2.24, 2.45) is 5.92 Å². The molecule has 1 saturated heterocycles. The van der Waals surface area contributed by atoms with Crippen molar-refractivity contribution in [3.05, 3.63) is 30.3 Å². The molecule has 0 atom stereocenters. The molecule has 6 nitrogen and oxygen atoms in total. The first kappa shape index (κ1) is 19.1. The van der Waals surface area contributed by atoms with Gasteiger partial charge in [0.15, 0.2) is 0 Å². The molecule has 0 radical (unpaired) electrons. The molecule has 1 N–H and O–H groups in total. The lowest BCUT2D eigenvalue weighted by atomic mass is 9.96. The van der Waals surface area contributed by atoms with E-state index in [1.807, 2.05) is 51.1 Å². The van der Waals surface area contributed by atoms with Crippen LogP contribution in [-0.4, -0.2) is 54.2 Å². The average molecular weight is 347 g/mol. The fourth-order valence-corrected chi connectivity index (χ4v) is 2.84. The Balaban J connectivity index is 1.75. The molecule has 1 aliphatic heterocycles. The molecule has 0 aromatic heterocycles. The topological polar surface area (TPSA) is 61.9 Å². The van der Waals surface area contributed by atoms with Crippen LogP contribution >= 0.6 is 0 Å². The number of ether oxygens (including phenoxy) is 1. The summed E-state index contributed by atoms with van der Waals surface area (Å²) in [6.07, 6.45) is 1.51. The highest BCUT2D eigenvalue weighted by molar-refractivity contribution is 5.89. The largest absolute Gasteiger partial charge is 0.444 e. The van der Waals surface area contributed by atoms with Gasteiger partial charge in [-0.1, -0.05) is 18.2 Å². The molecular weight excluding hydrogens is 318 g/mol. The van der Waals surface area contributed by atoms with Crippen LogP contribution < -0.4 is 5.32 Å². The highest BCUT2D eigenvalue weighted by atomic mass is 16.6. The van der Waals surface area contributed by atoms with E-state index < -0.39 is 5.60 Å². The van der Waals surface area contributed by atoms with E-state index in [4.69, 9.17) is 4.74 Å². The van der Waals surface area contributed by atoms with Gasteiger partial charge in [-0.3, -0.25) is 0 Å². The van der Waals surface area contributed by atoms with Crippen LogP contribution in [0, 0.1) is 5.92 Å². The minimum Gasteiger partial charge on any atom is -0.444 e. The zero-order valence-corrected chi connectivity index (χ0v) is 15.6. The molecule has 1 aromatic carbocycles. The van der Waals surface area contributed by atoms with Crippen LogP contribution in [-0.2, 0) is 4.74 Å². The molecule has 25 heavy (non-hydrogen) atoms. The van der Waals surface area contributed by atoms with Crippen LogP contribution in [0.25, 0.3) is 0 Å².